The van der Waals surface area contributed by atoms with Crippen molar-refractivity contribution in [1.82, 2.24) is 9.97 Å². The molecule has 0 aliphatic carbocycles. The number of thiazole rings is 1. The molecule has 8 nitrogen and oxygen atoms in total. The standard InChI is InChI=1S/C13H16N6O2S/c1-3-21-13(20)18-9-5-4-7(2)10(17-9)8-6-22-12(16-8)19-11(14)15/h4-6H,3H2,1-2H3,(H,17,18,20)(H4,14,15,16,19). The minimum Gasteiger partial charge on any atom is -0.450 e. The Kier molecular flexibility index (Phi) is 4.89. The van der Waals surface area contributed by atoms with Gasteiger partial charge in [-0.15, -0.1) is 11.3 Å². The van der Waals surface area contributed by atoms with Gasteiger partial charge >= 0.3 is 6.09 Å². The summed E-state index contributed by atoms with van der Waals surface area (Å²) in [5.74, 6) is 0.332. The molecule has 2 aromatic heterocycles. The van der Waals surface area contributed by atoms with Gasteiger partial charge in [-0.25, -0.2) is 14.8 Å². The third kappa shape index (κ3) is 3.92. The first-order valence-corrected chi connectivity index (χ1v) is 7.34. The Morgan fingerprint density at radius 2 is 2.18 bits per heavy atom. The minimum absolute atomic E-state index is 0.0525. The lowest BCUT2D eigenvalue weighted by molar-refractivity contribution is 0.168. The van der Waals surface area contributed by atoms with E-state index < -0.39 is 6.09 Å². The van der Waals surface area contributed by atoms with E-state index in [9.17, 15) is 4.79 Å². The highest BCUT2D eigenvalue weighted by atomic mass is 32.1. The molecule has 2 aromatic rings. The molecule has 5 N–H and O–H groups in total. The van der Waals surface area contributed by atoms with E-state index in [0.717, 1.165) is 5.56 Å². The molecule has 0 saturated heterocycles. The van der Waals surface area contributed by atoms with E-state index in [-0.39, 0.29) is 5.96 Å². The van der Waals surface area contributed by atoms with Crippen molar-refractivity contribution in [2.24, 2.45) is 16.5 Å². The van der Waals surface area contributed by atoms with Gasteiger partial charge in [-0.3, -0.25) is 5.32 Å². The van der Waals surface area contributed by atoms with Gasteiger partial charge < -0.3 is 16.2 Å². The van der Waals surface area contributed by atoms with Gasteiger partial charge in [0.25, 0.3) is 0 Å². The van der Waals surface area contributed by atoms with Gasteiger partial charge in [0.2, 0.25) is 5.13 Å². The SMILES string of the molecule is CCOC(=O)Nc1ccc(C)c(-c2csc(N=C(N)N)n2)n1. The van der Waals surface area contributed by atoms with Crippen molar-refractivity contribution in [2.75, 3.05) is 11.9 Å². The van der Waals surface area contributed by atoms with Crippen LogP contribution in [0.3, 0.4) is 0 Å². The lowest BCUT2D eigenvalue weighted by Gasteiger charge is -2.07. The van der Waals surface area contributed by atoms with Gasteiger partial charge in [0.15, 0.2) is 5.96 Å². The number of rotatable bonds is 4. The fourth-order valence-corrected chi connectivity index (χ4v) is 2.35. The van der Waals surface area contributed by atoms with E-state index >= 15 is 0 Å². The first-order chi connectivity index (χ1) is 10.5. The van der Waals surface area contributed by atoms with Gasteiger partial charge in [0.1, 0.15) is 11.5 Å². The van der Waals surface area contributed by atoms with Gasteiger partial charge in [0, 0.05) is 5.38 Å². The van der Waals surface area contributed by atoms with Crippen LogP contribution < -0.4 is 16.8 Å². The van der Waals surface area contributed by atoms with E-state index in [1.807, 2.05) is 13.0 Å². The summed E-state index contributed by atoms with van der Waals surface area (Å²) in [6.45, 7) is 3.92. The number of anilines is 1. The Morgan fingerprint density at radius 1 is 1.41 bits per heavy atom. The van der Waals surface area contributed by atoms with Crippen LogP contribution in [0.2, 0.25) is 0 Å². The number of carbonyl (C=O) groups is 1. The van der Waals surface area contributed by atoms with Crippen LogP contribution in [-0.2, 0) is 4.74 Å². The van der Waals surface area contributed by atoms with Gasteiger partial charge in [-0.05, 0) is 25.5 Å². The number of carbonyl (C=O) groups excluding carboxylic acids is 1. The molecule has 0 atom stereocenters. The second-order valence-electron chi connectivity index (χ2n) is 4.26. The predicted molar refractivity (Wildman–Crippen MR) is 86.2 cm³/mol. The fraction of sp³-hybridized carbons (Fsp3) is 0.231. The molecule has 9 heteroatoms. The molecule has 0 spiro atoms. The number of amides is 1. The predicted octanol–water partition coefficient (Wildman–Crippen LogP) is 1.99. The number of nitrogens with one attached hydrogen (secondary N) is 1. The van der Waals surface area contributed by atoms with E-state index in [1.165, 1.54) is 11.3 Å². The van der Waals surface area contributed by atoms with Crippen molar-refractivity contribution in [3.63, 3.8) is 0 Å². The zero-order valence-electron chi connectivity index (χ0n) is 12.2. The van der Waals surface area contributed by atoms with Crippen LogP contribution in [0, 0.1) is 6.92 Å². The molecule has 0 aromatic carbocycles. The number of nitrogens with zero attached hydrogens (tertiary/aromatic N) is 3. The van der Waals surface area contributed by atoms with Crippen molar-refractivity contribution in [3.8, 4) is 11.4 Å². The Balaban J connectivity index is 2.28. The molecule has 1 amide bonds. The maximum absolute atomic E-state index is 11.4. The monoisotopic (exact) mass is 320 g/mol. The second-order valence-corrected chi connectivity index (χ2v) is 5.10. The number of guanidine groups is 1. The number of pyridine rings is 1. The molecule has 0 aliphatic rings. The lowest BCUT2D eigenvalue weighted by Crippen LogP contribution is -2.21. The van der Waals surface area contributed by atoms with Crippen molar-refractivity contribution in [1.29, 1.82) is 0 Å². The first kappa shape index (κ1) is 15.7. The molecular weight excluding hydrogens is 304 g/mol. The zero-order valence-corrected chi connectivity index (χ0v) is 13.0. The van der Waals surface area contributed by atoms with Crippen molar-refractivity contribution in [3.05, 3.63) is 23.1 Å². The first-order valence-electron chi connectivity index (χ1n) is 6.46. The summed E-state index contributed by atoms with van der Waals surface area (Å²) in [6, 6.07) is 3.53. The maximum Gasteiger partial charge on any atom is 0.412 e. The van der Waals surface area contributed by atoms with E-state index in [0.29, 0.717) is 28.9 Å². The topological polar surface area (TPSA) is 129 Å². The molecule has 2 rings (SSSR count). The number of nitrogens with two attached hydrogens (primary N) is 2. The molecular formula is C13H16N6O2S. The quantitative estimate of drug-likeness (QED) is 0.583. The van der Waals surface area contributed by atoms with Crippen molar-refractivity contribution < 1.29 is 9.53 Å². The summed E-state index contributed by atoms with van der Waals surface area (Å²) >= 11 is 1.30. The highest BCUT2D eigenvalue weighted by molar-refractivity contribution is 7.13. The van der Waals surface area contributed by atoms with Crippen LogP contribution in [0.15, 0.2) is 22.5 Å². The second kappa shape index (κ2) is 6.85. The summed E-state index contributed by atoms with van der Waals surface area (Å²) in [5.41, 5.74) is 12.8. The average molecular weight is 320 g/mol. The molecule has 116 valence electrons. The highest BCUT2D eigenvalue weighted by Gasteiger charge is 2.11. The summed E-state index contributed by atoms with van der Waals surface area (Å²) in [5, 5.41) is 4.80. The number of aromatic nitrogens is 2. The zero-order chi connectivity index (χ0) is 16.1. The summed E-state index contributed by atoms with van der Waals surface area (Å²) in [4.78, 5) is 24.0. The van der Waals surface area contributed by atoms with Crippen LogP contribution in [0.25, 0.3) is 11.4 Å². The van der Waals surface area contributed by atoms with E-state index in [2.05, 4.69) is 20.3 Å². The van der Waals surface area contributed by atoms with Crippen LogP contribution in [-0.4, -0.2) is 28.6 Å². The van der Waals surface area contributed by atoms with Gasteiger partial charge in [0.05, 0.1) is 12.3 Å². The minimum atomic E-state index is -0.552. The van der Waals surface area contributed by atoms with Crippen LogP contribution in [0.1, 0.15) is 12.5 Å². The molecule has 0 fully saturated rings. The Hall–Kier alpha value is -2.68. The third-order valence-corrected chi connectivity index (χ3v) is 3.30. The summed E-state index contributed by atoms with van der Waals surface area (Å²) in [6.07, 6.45) is -0.552. The van der Waals surface area contributed by atoms with Crippen molar-refractivity contribution in [2.45, 2.75) is 13.8 Å². The van der Waals surface area contributed by atoms with E-state index in [4.69, 9.17) is 16.2 Å². The number of aryl methyl sites for hydroxylation is 1. The Labute approximate surface area is 131 Å². The molecule has 2 heterocycles. The molecule has 22 heavy (non-hydrogen) atoms. The Morgan fingerprint density at radius 3 is 2.86 bits per heavy atom. The number of hydrogen-bond donors (Lipinski definition) is 3. The van der Waals surface area contributed by atoms with Crippen LogP contribution in [0.5, 0.6) is 0 Å². The smallest absolute Gasteiger partial charge is 0.412 e. The van der Waals surface area contributed by atoms with E-state index in [1.54, 1.807) is 18.4 Å². The van der Waals surface area contributed by atoms with Gasteiger partial charge in [-0.2, -0.15) is 4.99 Å². The fourth-order valence-electron chi connectivity index (χ4n) is 1.66. The molecule has 0 unspecified atom stereocenters. The highest BCUT2D eigenvalue weighted by Crippen LogP contribution is 2.28. The summed E-state index contributed by atoms with van der Waals surface area (Å²) < 4.78 is 4.82. The van der Waals surface area contributed by atoms with Crippen LogP contribution >= 0.6 is 11.3 Å². The van der Waals surface area contributed by atoms with Crippen molar-refractivity contribution >= 4 is 34.3 Å². The summed E-state index contributed by atoms with van der Waals surface area (Å²) in [7, 11) is 0. The average Bonchev–Trinajstić information content (AvgIpc) is 2.88. The normalized spacial score (nSPS) is 10.1. The largest absolute Gasteiger partial charge is 0.450 e. The lowest BCUT2D eigenvalue weighted by atomic mass is 10.2. The number of hydrogen-bond acceptors (Lipinski definition) is 6. The third-order valence-electron chi connectivity index (χ3n) is 2.56. The molecule has 0 radical (unpaired) electrons. The molecule has 0 saturated carbocycles. The maximum atomic E-state index is 11.4. The van der Waals surface area contributed by atoms with Gasteiger partial charge in [-0.1, -0.05) is 6.07 Å². The van der Waals surface area contributed by atoms with Crippen LogP contribution in [0.4, 0.5) is 15.7 Å². The number of ether oxygens (including phenoxy) is 1. The Bertz CT molecular complexity index is 708. The molecule has 0 aliphatic heterocycles. The number of aliphatic imine (C=N–C) groups is 1. The molecule has 0 bridgehead atoms.